The number of carbonyl (C=O) groups is 1. The molecule has 1 aliphatic carbocycles. The maximum Gasteiger partial charge on any atom is 0.234 e. The molecule has 0 bridgehead atoms. The van der Waals surface area contributed by atoms with E-state index in [9.17, 15) is 4.79 Å². The lowest BCUT2D eigenvalue weighted by molar-refractivity contribution is -0.113. The van der Waals surface area contributed by atoms with Gasteiger partial charge in [-0.15, -0.1) is 10.2 Å². The van der Waals surface area contributed by atoms with Gasteiger partial charge in [-0.05, 0) is 43.0 Å². The van der Waals surface area contributed by atoms with E-state index in [1.54, 1.807) is 6.07 Å². The van der Waals surface area contributed by atoms with Gasteiger partial charge < -0.3 is 9.88 Å². The van der Waals surface area contributed by atoms with Gasteiger partial charge in [-0.2, -0.15) is 0 Å². The van der Waals surface area contributed by atoms with Gasteiger partial charge in [0, 0.05) is 16.6 Å². The molecular formula is C21H21ClN4OS. The lowest BCUT2D eigenvalue weighted by atomic mass is 10.2. The van der Waals surface area contributed by atoms with Crippen LogP contribution >= 0.6 is 23.4 Å². The standard InChI is InChI=1S/C21H21ClN4OS/c1-14-7-10-17(11-18(14)22)23-19(27)13-28-21-25-24-20(16-8-9-16)26(21)12-15-5-3-2-4-6-15/h2-7,10-11,16H,8-9,12-13H2,1H3,(H,23,27). The average Bonchev–Trinajstić information content (AvgIpc) is 3.46. The zero-order valence-electron chi connectivity index (χ0n) is 15.6. The number of thioether (sulfide) groups is 1. The van der Waals surface area contributed by atoms with E-state index in [4.69, 9.17) is 11.6 Å². The summed E-state index contributed by atoms with van der Waals surface area (Å²) >= 11 is 7.54. The summed E-state index contributed by atoms with van der Waals surface area (Å²) in [6.45, 7) is 2.65. The highest BCUT2D eigenvalue weighted by atomic mass is 35.5. The van der Waals surface area contributed by atoms with Gasteiger partial charge in [0.05, 0.1) is 12.3 Å². The van der Waals surface area contributed by atoms with E-state index in [0.717, 1.165) is 35.9 Å². The van der Waals surface area contributed by atoms with E-state index in [1.807, 2.05) is 37.3 Å². The van der Waals surface area contributed by atoms with Crippen LogP contribution in [0.5, 0.6) is 0 Å². The first-order valence-corrected chi connectivity index (χ1v) is 10.6. The number of amides is 1. The number of hydrogen-bond donors (Lipinski definition) is 1. The van der Waals surface area contributed by atoms with Crippen molar-refractivity contribution in [2.75, 3.05) is 11.1 Å². The van der Waals surface area contributed by atoms with Gasteiger partial charge in [-0.1, -0.05) is 59.8 Å². The van der Waals surface area contributed by atoms with Gasteiger partial charge in [0.25, 0.3) is 0 Å². The molecule has 1 aromatic heterocycles. The highest BCUT2D eigenvalue weighted by Crippen LogP contribution is 2.40. The van der Waals surface area contributed by atoms with Crippen LogP contribution in [0, 0.1) is 6.92 Å². The minimum atomic E-state index is -0.0906. The molecule has 2 aromatic carbocycles. The predicted molar refractivity (Wildman–Crippen MR) is 113 cm³/mol. The average molecular weight is 413 g/mol. The van der Waals surface area contributed by atoms with Crippen LogP contribution in [0.2, 0.25) is 5.02 Å². The fourth-order valence-corrected chi connectivity index (χ4v) is 3.89. The number of halogens is 1. The molecule has 1 aliphatic rings. The van der Waals surface area contributed by atoms with Crippen LogP contribution in [0.1, 0.15) is 35.7 Å². The summed E-state index contributed by atoms with van der Waals surface area (Å²) in [6, 6.07) is 15.8. The topological polar surface area (TPSA) is 59.8 Å². The fourth-order valence-electron chi connectivity index (χ4n) is 2.96. The number of aromatic nitrogens is 3. The Morgan fingerprint density at radius 3 is 2.71 bits per heavy atom. The van der Waals surface area contributed by atoms with Crippen LogP contribution in [0.4, 0.5) is 5.69 Å². The van der Waals surface area contributed by atoms with Crippen LogP contribution in [0.25, 0.3) is 0 Å². The monoisotopic (exact) mass is 412 g/mol. The second-order valence-electron chi connectivity index (χ2n) is 6.99. The number of hydrogen-bond acceptors (Lipinski definition) is 4. The van der Waals surface area contributed by atoms with Crippen molar-refractivity contribution in [1.29, 1.82) is 0 Å². The molecule has 0 aliphatic heterocycles. The SMILES string of the molecule is Cc1ccc(NC(=O)CSc2nnc(C3CC3)n2Cc2ccccc2)cc1Cl. The van der Waals surface area contributed by atoms with Gasteiger partial charge in [0.1, 0.15) is 5.82 Å². The second kappa shape index (κ2) is 8.37. The first-order chi connectivity index (χ1) is 13.6. The molecule has 0 saturated heterocycles. The lowest BCUT2D eigenvalue weighted by Gasteiger charge is -2.10. The molecule has 0 radical (unpaired) electrons. The molecule has 1 amide bonds. The van der Waals surface area contributed by atoms with Gasteiger partial charge in [-0.25, -0.2) is 0 Å². The summed E-state index contributed by atoms with van der Waals surface area (Å²) in [7, 11) is 0. The van der Waals surface area contributed by atoms with Crippen molar-refractivity contribution in [3.63, 3.8) is 0 Å². The minimum absolute atomic E-state index is 0.0906. The molecule has 1 N–H and O–H groups in total. The van der Waals surface area contributed by atoms with E-state index in [-0.39, 0.29) is 11.7 Å². The van der Waals surface area contributed by atoms with E-state index < -0.39 is 0 Å². The minimum Gasteiger partial charge on any atom is -0.325 e. The predicted octanol–water partition coefficient (Wildman–Crippen LogP) is 4.90. The Balaban J connectivity index is 1.44. The summed E-state index contributed by atoms with van der Waals surface area (Å²) in [6.07, 6.45) is 2.32. The Kier molecular flexibility index (Phi) is 5.69. The van der Waals surface area contributed by atoms with Crippen molar-refractivity contribution in [1.82, 2.24) is 14.8 Å². The van der Waals surface area contributed by atoms with Gasteiger partial charge in [0.2, 0.25) is 5.91 Å². The Morgan fingerprint density at radius 1 is 1.21 bits per heavy atom. The van der Waals surface area contributed by atoms with E-state index in [0.29, 0.717) is 16.6 Å². The number of nitrogens with zero attached hydrogens (tertiary/aromatic N) is 3. The summed E-state index contributed by atoms with van der Waals surface area (Å²) in [5.74, 6) is 1.70. The molecule has 1 saturated carbocycles. The fraction of sp³-hybridized carbons (Fsp3) is 0.286. The molecule has 0 atom stereocenters. The largest absolute Gasteiger partial charge is 0.325 e. The smallest absolute Gasteiger partial charge is 0.234 e. The highest BCUT2D eigenvalue weighted by Gasteiger charge is 2.30. The maximum absolute atomic E-state index is 12.4. The molecule has 5 nitrogen and oxygen atoms in total. The molecule has 1 heterocycles. The molecule has 0 unspecified atom stereocenters. The first kappa shape index (κ1) is 19.0. The van der Waals surface area contributed by atoms with E-state index >= 15 is 0 Å². The quantitative estimate of drug-likeness (QED) is 0.561. The van der Waals surface area contributed by atoms with Crippen molar-refractivity contribution in [2.45, 2.75) is 37.4 Å². The first-order valence-electron chi connectivity index (χ1n) is 9.26. The molecule has 7 heteroatoms. The van der Waals surface area contributed by atoms with Crippen molar-refractivity contribution in [3.05, 3.63) is 70.5 Å². The summed E-state index contributed by atoms with van der Waals surface area (Å²) in [5.41, 5.74) is 2.88. The van der Waals surface area contributed by atoms with Crippen LogP contribution in [-0.2, 0) is 11.3 Å². The normalized spacial score (nSPS) is 13.5. The van der Waals surface area contributed by atoms with E-state index in [1.165, 1.54) is 17.3 Å². The number of carbonyl (C=O) groups excluding carboxylic acids is 1. The third kappa shape index (κ3) is 4.56. The molecule has 4 rings (SSSR count). The van der Waals surface area contributed by atoms with Crippen molar-refractivity contribution < 1.29 is 4.79 Å². The highest BCUT2D eigenvalue weighted by molar-refractivity contribution is 7.99. The van der Waals surface area contributed by atoms with Crippen LogP contribution in [0.3, 0.4) is 0 Å². The van der Waals surface area contributed by atoms with E-state index in [2.05, 4.69) is 32.2 Å². The number of nitrogens with one attached hydrogen (secondary N) is 1. The summed E-state index contributed by atoms with van der Waals surface area (Å²) < 4.78 is 2.15. The van der Waals surface area contributed by atoms with Gasteiger partial charge in [-0.3, -0.25) is 4.79 Å². The van der Waals surface area contributed by atoms with Gasteiger partial charge in [0.15, 0.2) is 5.16 Å². The third-order valence-corrected chi connectivity index (χ3v) is 6.03. The molecule has 144 valence electrons. The van der Waals surface area contributed by atoms with Gasteiger partial charge >= 0.3 is 0 Å². The second-order valence-corrected chi connectivity index (χ2v) is 8.34. The Morgan fingerprint density at radius 2 is 2.00 bits per heavy atom. The summed E-state index contributed by atoms with van der Waals surface area (Å²) in [4.78, 5) is 12.4. The Bertz CT molecular complexity index is 985. The van der Waals surface area contributed by atoms with Crippen molar-refractivity contribution in [3.8, 4) is 0 Å². The van der Waals surface area contributed by atoms with Crippen molar-refractivity contribution >= 4 is 35.0 Å². The Labute approximate surface area is 173 Å². The van der Waals surface area contributed by atoms with Crippen LogP contribution < -0.4 is 5.32 Å². The molecule has 28 heavy (non-hydrogen) atoms. The lowest BCUT2D eigenvalue weighted by Crippen LogP contribution is -2.15. The van der Waals surface area contributed by atoms with Crippen LogP contribution in [0.15, 0.2) is 53.7 Å². The Hall–Kier alpha value is -2.31. The molecule has 0 spiro atoms. The molecule has 3 aromatic rings. The van der Waals surface area contributed by atoms with Crippen molar-refractivity contribution in [2.24, 2.45) is 0 Å². The number of rotatable bonds is 7. The maximum atomic E-state index is 12.4. The van der Waals surface area contributed by atoms with Crippen LogP contribution in [-0.4, -0.2) is 26.4 Å². The number of anilines is 1. The number of aryl methyl sites for hydroxylation is 1. The molecule has 1 fully saturated rings. The number of benzene rings is 2. The third-order valence-electron chi connectivity index (χ3n) is 4.66. The summed E-state index contributed by atoms with van der Waals surface area (Å²) in [5, 5.41) is 13.1. The zero-order valence-corrected chi connectivity index (χ0v) is 17.1. The zero-order chi connectivity index (χ0) is 19.5. The molecular weight excluding hydrogens is 392 g/mol.